The number of rotatable bonds is 3. The van der Waals surface area contributed by atoms with Crippen LogP contribution in [0.15, 0.2) is 48.9 Å². The molecule has 0 spiro atoms. The molecular weight excluding hydrogens is 330 g/mol. The van der Waals surface area contributed by atoms with Gasteiger partial charge in [-0.3, -0.25) is 14.0 Å². The first-order chi connectivity index (χ1) is 12.6. The zero-order chi connectivity index (χ0) is 18.1. The van der Waals surface area contributed by atoms with Gasteiger partial charge < -0.3 is 10.6 Å². The Labute approximate surface area is 150 Å². The fourth-order valence-corrected chi connectivity index (χ4v) is 3.21. The van der Waals surface area contributed by atoms with Crippen molar-refractivity contribution in [3.8, 4) is 11.3 Å². The van der Waals surface area contributed by atoms with Crippen LogP contribution in [0, 0.1) is 5.92 Å². The number of piperidine rings is 1. The van der Waals surface area contributed by atoms with Gasteiger partial charge in [-0.25, -0.2) is 9.97 Å². The summed E-state index contributed by atoms with van der Waals surface area (Å²) in [6, 6.07) is 8.84. The summed E-state index contributed by atoms with van der Waals surface area (Å²) in [7, 11) is 0. The number of hydrogen-bond donors (Lipinski definition) is 2. The standard InChI is InChI=1S/C19H19N5O2/c1-12-9-15(22-17(25)10-12)18(26)21-14-5-3-13(4-6-14)16-11-24-8-2-7-20-19(24)23-16/h2-8,11-12,15H,9-10H2,1H3,(H,21,26)(H,22,25)/t12-,15-/m0/s1. The molecule has 1 fully saturated rings. The number of nitrogens with one attached hydrogen (secondary N) is 2. The maximum atomic E-state index is 12.4. The van der Waals surface area contributed by atoms with Crippen LogP contribution < -0.4 is 10.6 Å². The van der Waals surface area contributed by atoms with E-state index in [2.05, 4.69) is 20.6 Å². The molecule has 2 aromatic heterocycles. The molecule has 0 radical (unpaired) electrons. The van der Waals surface area contributed by atoms with Crippen molar-refractivity contribution in [1.82, 2.24) is 19.7 Å². The largest absolute Gasteiger partial charge is 0.344 e. The predicted octanol–water partition coefficient (Wildman–Crippen LogP) is 2.25. The van der Waals surface area contributed by atoms with E-state index in [9.17, 15) is 9.59 Å². The van der Waals surface area contributed by atoms with Crippen LogP contribution in [0.2, 0.25) is 0 Å². The van der Waals surface area contributed by atoms with E-state index in [4.69, 9.17) is 0 Å². The average molecular weight is 349 g/mol. The molecule has 7 nitrogen and oxygen atoms in total. The molecule has 3 aromatic rings. The van der Waals surface area contributed by atoms with Crippen LogP contribution in [0.4, 0.5) is 5.69 Å². The molecule has 1 aliphatic rings. The summed E-state index contributed by atoms with van der Waals surface area (Å²) in [5.41, 5.74) is 2.44. The maximum Gasteiger partial charge on any atom is 0.246 e. The fourth-order valence-electron chi connectivity index (χ4n) is 3.21. The van der Waals surface area contributed by atoms with Crippen LogP contribution >= 0.6 is 0 Å². The second kappa shape index (κ2) is 6.59. The second-order valence-electron chi connectivity index (χ2n) is 6.68. The molecule has 3 heterocycles. The van der Waals surface area contributed by atoms with E-state index in [1.165, 1.54) is 0 Å². The van der Waals surface area contributed by atoms with Crippen LogP contribution in [-0.4, -0.2) is 32.2 Å². The van der Waals surface area contributed by atoms with Gasteiger partial charge in [0.15, 0.2) is 0 Å². The summed E-state index contributed by atoms with van der Waals surface area (Å²) in [6.07, 6.45) is 6.65. The Bertz CT molecular complexity index is 930. The highest BCUT2D eigenvalue weighted by Gasteiger charge is 2.28. The number of carbonyl (C=O) groups excluding carboxylic acids is 2. The molecule has 1 aliphatic heterocycles. The van der Waals surface area contributed by atoms with Gasteiger partial charge in [0.2, 0.25) is 17.6 Å². The molecule has 132 valence electrons. The zero-order valence-electron chi connectivity index (χ0n) is 14.3. The Balaban J connectivity index is 1.47. The number of imidazole rings is 1. The monoisotopic (exact) mass is 349 g/mol. The van der Waals surface area contributed by atoms with Crippen molar-refractivity contribution in [3.63, 3.8) is 0 Å². The molecular formula is C19H19N5O2. The molecule has 26 heavy (non-hydrogen) atoms. The lowest BCUT2D eigenvalue weighted by Gasteiger charge is -2.26. The molecule has 1 aromatic carbocycles. The van der Waals surface area contributed by atoms with Crippen molar-refractivity contribution in [2.45, 2.75) is 25.8 Å². The Hall–Kier alpha value is -3.22. The summed E-state index contributed by atoms with van der Waals surface area (Å²) in [4.78, 5) is 32.7. The summed E-state index contributed by atoms with van der Waals surface area (Å²) in [5, 5.41) is 5.61. The predicted molar refractivity (Wildman–Crippen MR) is 97.4 cm³/mol. The fraction of sp³-hybridized carbons (Fsp3) is 0.263. The average Bonchev–Trinajstić information content (AvgIpc) is 3.05. The van der Waals surface area contributed by atoms with E-state index >= 15 is 0 Å². The Morgan fingerprint density at radius 3 is 2.85 bits per heavy atom. The number of aromatic nitrogens is 3. The van der Waals surface area contributed by atoms with Crippen molar-refractivity contribution < 1.29 is 9.59 Å². The first-order valence-electron chi connectivity index (χ1n) is 8.59. The van der Waals surface area contributed by atoms with Crippen molar-refractivity contribution in [3.05, 3.63) is 48.9 Å². The van der Waals surface area contributed by atoms with E-state index in [-0.39, 0.29) is 17.7 Å². The number of benzene rings is 1. The van der Waals surface area contributed by atoms with Crippen molar-refractivity contribution in [1.29, 1.82) is 0 Å². The van der Waals surface area contributed by atoms with E-state index in [1.807, 2.05) is 54.0 Å². The van der Waals surface area contributed by atoms with Gasteiger partial charge in [-0.2, -0.15) is 0 Å². The van der Waals surface area contributed by atoms with Crippen molar-refractivity contribution >= 4 is 23.3 Å². The van der Waals surface area contributed by atoms with E-state index < -0.39 is 6.04 Å². The van der Waals surface area contributed by atoms with Crippen LogP contribution in [0.3, 0.4) is 0 Å². The van der Waals surface area contributed by atoms with Gasteiger partial charge in [0.05, 0.1) is 5.69 Å². The lowest BCUT2D eigenvalue weighted by atomic mass is 9.93. The number of hydrogen-bond acceptors (Lipinski definition) is 4. The Kier molecular flexibility index (Phi) is 4.12. The normalized spacial score (nSPS) is 20.0. The Morgan fingerprint density at radius 1 is 1.31 bits per heavy atom. The van der Waals surface area contributed by atoms with Crippen LogP contribution in [0.1, 0.15) is 19.8 Å². The number of fused-ring (bicyclic) bond motifs is 1. The SMILES string of the molecule is C[C@@H]1CC(=O)N[C@H](C(=O)Nc2ccc(-c3cn4cccnc4n3)cc2)C1. The summed E-state index contributed by atoms with van der Waals surface area (Å²) < 4.78 is 1.86. The van der Waals surface area contributed by atoms with Crippen LogP contribution in [0.5, 0.6) is 0 Å². The topological polar surface area (TPSA) is 88.4 Å². The van der Waals surface area contributed by atoms with Crippen LogP contribution in [-0.2, 0) is 9.59 Å². The summed E-state index contributed by atoms with van der Waals surface area (Å²) in [6.45, 7) is 1.98. The minimum Gasteiger partial charge on any atom is -0.344 e. The maximum absolute atomic E-state index is 12.4. The molecule has 0 saturated carbocycles. The van der Waals surface area contributed by atoms with Gasteiger partial charge >= 0.3 is 0 Å². The molecule has 2 atom stereocenters. The van der Waals surface area contributed by atoms with Crippen LogP contribution in [0.25, 0.3) is 17.0 Å². The van der Waals surface area contributed by atoms with Gasteiger partial charge in [-0.05, 0) is 30.5 Å². The lowest BCUT2D eigenvalue weighted by molar-refractivity contribution is -0.129. The third-order valence-electron chi connectivity index (χ3n) is 4.51. The number of nitrogens with zero attached hydrogens (tertiary/aromatic N) is 3. The molecule has 2 amide bonds. The summed E-state index contributed by atoms with van der Waals surface area (Å²) in [5.74, 6) is 0.599. The highest BCUT2D eigenvalue weighted by atomic mass is 16.2. The van der Waals surface area contributed by atoms with Gasteiger partial charge in [0.25, 0.3) is 0 Å². The third-order valence-corrected chi connectivity index (χ3v) is 4.51. The molecule has 0 aliphatic carbocycles. The Morgan fingerprint density at radius 2 is 2.12 bits per heavy atom. The number of carbonyl (C=O) groups is 2. The van der Waals surface area contributed by atoms with E-state index in [1.54, 1.807) is 6.20 Å². The first kappa shape index (κ1) is 16.3. The highest BCUT2D eigenvalue weighted by molar-refractivity contribution is 5.97. The molecule has 0 unspecified atom stereocenters. The van der Waals surface area contributed by atoms with E-state index in [0.29, 0.717) is 24.3 Å². The zero-order valence-corrected chi connectivity index (χ0v) is 14.3. The van der Waals surface area contributed by atoms with Gasteiger partial charge in [0.1, 0.15) is 6.04 Å². The molecule has 4 rings (SSSR count). The molecule has 7 heteroatoms. The second-order valence-corrected chi connectivity index (χ2v) is 6.68. The molecule has 0 bridgehead atoms. The highest BCUT2D eigenvalue weighted by Crippen LogP contribution is 2.22. The van der Waals surface area contributed by atoms with E-state index in [0.717, 1.165) is 11.3 Å². The molecule has 2 N–H and O–H groups in total. The lowest BCUT2D eigenvalue weighted by Crippen LogP contribution is -2.48. The van der Waals surface area contributed by atoms with Gasteiger partial charge in [-0.15, -0.1) is 0 Å². The van der Waals surface area contributed by atoms with Gasteiger partial charge in [0, 0.05) is 36.3 Å². The quantitative estimate of drug-likeness (QED) is 0.759. The molecule has 1 saturated heterocycles. The first-order valence-corrected chi connectivity index (χ1v) is 8.59. The summed E-state index contributed by atoms with van der Waals surface area (Å²) >= 11 is 0. The third kappa shape index (κ3) is 3.28. The van der Waals surface area contributed by atoms with Crippen molar-refractivity contribution in [2.24, 2.45) is 5.92 Å². The van der Waals surface area contributed by atoms with Gasteiger partial charge in [-0.1, -0.05) is 19.1 Å². The minimum atomic E-state index is -0.476. The minimum absolute atomic E-state index is 0.0697. The smallest absolute Gasteiger partial charge is 0.246 e. The van der Waals surface area contributed by atoms with Crippen molar-refractivity contribution in [2.75, 3.05) is 5.32 Å². The number of amides is 2. The number of anilines is 1.